The fraction of sp³-hybridized carbons (Fsp3) is 0.163. The fourth-order valence-corrected chi connectivity index (χ4v) is 8.07. The van der Waals surface area contributed by atoms with Crippen molar-refractivity contribution in [2.45, 2.75) is 19.3 Å². The number of aliphatic carboxylic acids is 2. The summed E-state index contributed by atoms with van der Waals surface area (Å²) in [6.45, 7) is 0. The largest absolute Gasteiger partial charge is 0.478 e. The highest BCUT2D eigenvalue weighted by Gasteiger charge is 2.44. The molecule has 0 aliphatic heterocycles. The highest BCUT2D eigenvalue weighted by atomic mass is 16.4. The highest BCUT2D eigenvalue weighted by molar-refractivity contribution is 6.16. The van der Waals surface area contributed by atoms with Gasteiger partial charge in [0.05, 0.1) is 11.1 Å². The van der Waals surface area contributed by atoms with E-state index in [-0.39, 0.29) is 46.6 Å². The maximum atomic E-state index is 14.1. The molecule has 0 fully saturated rings. The van der Waals surface area contributed by atoms with E-state index in [0.717, 1.165) is 11.1 Å². The zero-order valence-corrected chi connectivity index (χ0v) is 27.6. The Bertz CT molecular complexity index is 2030. The summed E-state index contributed by atoms with van der Waals surface area (Å²) in [4.78, 5) is 55.9. The number of amides is 2. The summed E-state index contributed by atoms with van der Waals surface area (Å²) in [5.41, 5.74) is 5.65. The molecule has 51 heavy (non-hydrogen) atoms. The van der Waals surface area contributed by atoms with Crippen LogP contribution in [-0.4, -0.2) is 34.0 Å². The van der Waals surface area contributed by atoms with E-state index >= 15 is 0 Å². The third kappa shape index (κ3) is 5.68. The molecule has 0 aromatic heterocycles. The van der Waals surface area contributed by atoms with Crippen LogP contribution < -0.4 is 9.80 Å². The van der Waals surface area contributed by atoms with E-state index in [0.29, 0.717) is 53.2 Å². The van der Waals surface area contributed by atoms with Crippen LogP contribution in [0.15, 0.2) is 156 Å². The molecule has 4 aromatic rings. The molecule has 2 amide bonds. The number of hydrogen-bond donors (Lipinski definition) is 2. The molecule has 252 valence electrons. The van der Waals surface area contributed by atoms with E-state index in [9.17, 15) is 29.4 Å². The minimum Gasteiger partial charge on any atom is -0.478 e. The van der Waals surface area contributed by atoms with Gasteiger partial charge in [-0.15, -0.1) is 0 Å². The van der Waals surface area contributed by atoms with Crippen molar-refractivity contribution < 1.29 is 29.4 Å². The first-order valence-electron chi connectivity index (χ1n) is 17.1. The molecular formula is C43H34N2O6. The predicted molar refractivity (Wildman–Crippen MR) is 194 cm³/mol. The maximum Gasteiger partial charge on any atom is 0.332 e. The van der Waals surface area contributed by atoms with Crippen molar-refractivity contribution in [2.75, 3.05) is 9.80 Å². The van der Waals surface area contributed by atoms with Crippen molar-refractivity contribution in [3.8, 4) is 0 Å². The molecule has 0 heterocycles. The number of anilines is 4. The van der Waals surface area contributed by atoms with Crippen LogP contribution in [0.5, 0.6) is 0 Å². The van der Waals surface area contributed by atoms with Crippen molar-refractivity contribution in [3.05, 3.63) is 167 Å². The lowest BCUT2D eigenvalue weighted by Gasteiger charge is -2.26. The number of benzene rings is 4. The molecule has 2 N–H and O–H groups in total. The molecule has 4 atom stereocenters. The van der Waals surface area contributed by atoms with E-state index in [1.807, 2.05) is 133 Å². The number of nitrogens with zero attached hydrogens (tertiary/aromatic N) is 2. The Balaban J connectivity index is 1.06. The number of para-hydroxylation sites is 2. The molecule has 0 spiro atoms. The van der Waals surface area contributed by atoms with Gasteiger partial charge in [0.15, 0.2) is 0 Å². The zero-order chi connectivity index (χ0) is 35.2. The van der Waals surface area contributed by atoms with Crippen LogP contribution in [0.2, 0.25) is 0 Å². The number of hydrogen-bond acceptors (Lipinski definition) is 4. The van der Waals surface area contributed by atoms with E-state index in [1.54, 1.807) is 9.80 Å². The topological polar surface area (TPSA) is 115 Å². The van der Waals surface area contributed by atoms with Crippen LogP contribution >= 0.6 is 0 Å². The summed E-state index contributed by atoms with van der Waals surface area (Å²) >= 11 is 0. The Kier molecular flexibility index (Phi) is 8.07. The first-order valence-corrected chi connectivity index (χ1v) is 17.1. The Morgan fingerprint density at radius 1 is 0.451 bits per heavy atom. The molecule has 4 aromatic carbocycles. The maximum absolute atomic E-state index is 14.1. The Morgan fingerprint density at radius 2 is 0.765 bits per heavy atom. The van der Waals surface area contributed by atoms with Gasteiger partial charge in [0, 0.05) is 57.6 Å². The second-order valence-electron chi connectivity index (χ2n) is 13.4. The summed E-state index contributed by atoms with van der Waals surface area (Å²) in [6.07, 6.45) is 9.47. The van der Waals surface area contributed by atoms with E-state index in [1.165, 1.54) is 0 Å². The van der Waals surface area contributed by atoms with Gasteiger partial charge in [-0.3, -0.25) is 19.4 Å². The van der Waals surface area contributed by atoms with Crippen molar-refractivity contribution >= 4 is 46.5 Å². The number of carboxylic acid groups (broad SMARTS) is 2. The fourth-order valence-electron chi connectivity index (χ4n) is 8.07. The van der Waals surface area contributed by atoms with Gasteiger partial charge in [-0.1, -0.05) is 85.0 Å². The Labute approximate surface area is 295 Å². The molecule has 8 nitrogen and oxygen atoms in total. The van der Waals surface area contributed by atoms with Gasteiger partial charge in [-0.2, -0.15) is 0 Å². The van der Waals surface area contributed by atoms with Crippen LogP contribution in [0.3, 0.4) is 0 Å². The van der Waals surface area contributed by atoms with Gasteiger partial charge in [-0.05, 0) is 78.9 Å². The molecule has 8 rings (SSSR count). The number of rotatable bonds is 10. The highest BCUT2D eigenvalue weighted by Crippen LogP contribution is 2.47. The predicted octanol–water partition coefficient (Wildman–Crippen LogP) is 7.78. The lowest BCUT2D eigenvalue weighted by atomic mass is 9.95. The van der Waals surface area contributed by atoms with Gasteiger partial charge in [-0.25, -0.2) is 9.59 Å². The monoisotopic (exact) mass is 674 g/mol. The number of allylic oxidation sites excluding steroid dienone is 4. The molecule has 4 bridgehead atoms. The first kappa shape index (κ1) is 32.0. The average molecular weight is 675 g/mol. The van der Waals surface area contributed by atoms with E-state index in [4.69, 9.17) is 0 Å². The molecule has 0 saturated carbocycles. The summed E-state index contributed by atoms with van der Waals surface area (Å²) in [5, 5.41) is 20.0. The normalized spacial score (nSPS) is 21.0. The zero-order valence-electron chi connectivity index (χ0n) is 27.6. The minimum absolute atomic E-state index is 0.187. The van der Waals surface area contributed by atoms with Crippen molar-refractivity contribution in [3.63, 3.8) is 0 Å². The summed E-state index contributed by atoms with van der Waals surface area (Å²) in [7, 11) is 0. The Hall–Kier alpha value is -6.28. The summed E-state index contributed by atoms with van der Waals surface area (Å²) in [6, 6.07) is 33.9. The quantitative estimate of drug-likeness (QED) is 0.166. The van der Waals surface area contributed by atoms with Crippen LogP contribution in [0.1, 0.15) is 24.0 Å². The molecule has 4 unspecified atom stereocenters. The van der Waals surface area contributed by atoms with Crippen LogP contribution in [0, 0.1) is 23.7 Å². The average Bonchev–Trinajstić information content (AvgIpc) is 3.96. The van der Waals surface area contributed by atoms with Gasteiger partial charge < -0.3 is 10.2 Å². The number of carbonyl (C=O) groups is 4. The second kappa shape index (κ2) is 12.9. The van der Waals surface area contributed by atoms with Crippen molar-refractivity contribution in [1.29, 1.82) is 0 Å². The van der Waals surface area contributed by atoms with Gasteiger partial charge in [0.25, 0.3) is 11.8 Å². The molecule has 4 aliphatic carbocycles. The third-order valence-corrected chi connectivity index (χ3v) is 10.4. The molecular weight excluding hydrogens is 640 g/mol. The minimum atomic E-state index is -1.05. The molecule has 0 saturated heterocycles. The van der Waals surface area contributed by atoms with E-state index < -0.39 is 11.9 Å². The third-order valence-electron chi connectivity index (χ3n) is 10.4. The lowest BCUT2D eigenvalue weighted by molar-refractivity contribution is -0.134. The standard InChI is InChI=1S/C43H34N2O6/c46-40(36-28-15-17-30(24-28)38(36)42(48)49)44(32-7-3-1-4-8-32)34-19-11-26(12-20-34)23-27-13-21-35(22-14-27)45(33-9-5-2-6-10-33)41(47)37-29-16-18-31(25-29)39(37)43(50)51/h1-22,28-31H,23-25H2,(H,48,49)(H,50,51). The van der Waals surface area contributed by atoms with Gasteiger partial charge in [0.1, 0.15) is 0 Å². The van der Waals surface area contributed by atoms with Crippen LogP contribution in [-0.2, 0) is 25.6 Å². The SMILES string of the molecule is O=C(O)C1=C(C(=O)N(c2ccccc2)c2ccc(Cc3ccc(N(C(=O)C4=C(C(=O)O)C5C=CC4C5)c4ccccc4)cc3)cc2)C2C=CC1C2. The smallest absolute Gasteiger partial charge is 0.332 e. The number of carboxylic acids is 2. The van der Waals surface area contributed by atoms with E-state index in [2.05, 4.69) is 0 Å². The number of fused-ring (bicyclic) bond motifs is 4. The van der Waals surface area contributed by atoms with Crippen molar-refractivity contribution in [1.82, 2.24) is 0 Å². The van der Waals surface area contributed by atoms with Gasteiger partial charge in [0.2, 0.25) is 0 Å². The first-order chi connectivity index (χ1) is 24.8. The Morgan fingerprint density at radius 3 is 1.10 bits per heavy atom. The van der Waals surface area contributed by atoms with Crippen LogP contribution in [0.25, 0.3) is 0 Å². The second-order valence-corrected chi connectivity index (χ2v) is 13.4. The van der Waals surface area contributed by atoms with Crippen molar-refractivity contribution in [2.24, 2.45) is 23.7 Å². The molecule has 0 radical (unpaired) electrons. The van der Waals surface area contributed by atoms with Crippen LogP contribution in [0.4, 0.5) is 22.7 Å². The summed E-state index contributed by atoms with van der Waals surface area (Å²) < 4.78 is 0. The number of carbonyl (C=O) groups excluding carboxylic acids is 2. The van der Waals surface area contributed by atoms with Gasteiger partial charge >= 0.3 is 11.9 Å². The lowest BCUT2D eigenvalue weighted by Crippen LogP contribution is -2.30. The summed E-state index contributed by atoms with van der Waals surface area (Å²) in [5.74, 6) is -3.67. The molecule has 8 heteroatoms. The molecule has 4 aliphatic rings.